The van der Waals surface area contributed by atoms with Gasteiger partial charge in [-0.2, -0.15) is 0 Å². The molecule has 0 aliphatic carbocycles. The maximum Gasteiger partial charge on any atom is 0.238 e. The smallest absolute Gasteiger partial charge is 0.238 e. The zero-order valence-electron chi connectivity index (χ0n) is 17.4. The first kappa shape index (κ1) is 20.2. The van der Waals surface area contributed by atoms with E-state index in [9.17, 15) is 4.79 Å². The van der Waals surface area contributed by atoms with Gasteiger partial charge in [-0.1, -0.05) is 29.8 Å². The monoisotopic (exact) mass is 381 g/mol. The van der Waals surface area contributed by atoms with Crippen molar-refractivity contribution in [3.63, 3.8) is 0 Å². The molecule has 1 aliphatic heterocycles. The second-order valence-corrected chi connectivity index (χ2v) is 7.49. The molecule has 1 N–H and O–H groups in total. The van der Waals surface area contributed by atoms with E-state index in [-0.39, 0.29) is 5.91 Å². The number of carbonyl (C=O) groups excluding carboxylic acids is 1. The molecule has 0 spiro atoms. The van der Waals surface area contributed by atoms with Gasteiger partial charge in [-0.05, 0) is 51.0 Å². The van der Waals surface area contributed by atoms with Gasteiger partial charge in [-0.3, -0.25) is 9.69 Å². The third-order valence-corrected chi connectivity index (χ3v) is 5.19. The van der Waals surface area contributed by atoms with Gasteiger partial charge in [0.15, 0.2) is 0 Å². The summed E-state index contributed by atoms with van der Waals surface area (Å²) in [5.41, 5.74) is 5.53. The number of nitrogens with one attached hydrogen (secondary N) is 1. The number of amides is 1. The Morgan fingerprint density at radius 2 is 1.68 bits per heavy atom. The molecule has 0 atom stereocenters. The zero-order chi connectivity index (χ0) is 20.1. The van der Waals surface area contributed by atoms with Crippen molar-refractivity contribution in [1.82, 2.24) is 4.90 Å². The van der Waals surface area contributed by atoms with E-state index in [4.69, 9.17) is 4.74 Å². The van der Waals surface area contributed by atoms with E-state index < -0.39 is 0 Å². The van der Waals surface area contributed by atoms with Gasteiger partial charge in [0.05, 0.1) is 18.8 Å². The molecular formula is C23H31N3O2. The van der Waals surface area contributed by atoms with Crippen LogP contribution in [0.1, 0.15) is 23.6 Å². The van der Waals surface area contributed by atoms with Gasteiger partial charge in [-0.25, -0.2) is 0 Å². The summed E-state index contributed by atoms with van der Waals surface area (Å²) in [5, 5.41) is 3.11. The predicted molar refractivity (Wildman–Crippen MR) is 116 cm³/mol. The Kier molecular flexibility index (Phi) is 6.57. The summed E-state index contributed by atoms with van der Waals surface area (Å²) < 4.78 is 5.76. The van der Waals surface area contributed by atoms with Crippen LogP contribution in [0.2, 0.25) is 0 Å². The molecule has 0 bridgehead atoms. The van der Waals surface area contributed by atoms with E-state index >= 15 is 0 Å². The van der Waals surface area contributed by atoms with Gasteiger partial charge in [0, 0.05) is 31.9 Å². The normalized spacial score (nSPS) is 14.8. The summed E-state index contributed by atoms with van der Waals surface area (Å²) in [6.45, 7) is 12.8. The summed E-state index contributed by atoms with van der Waals surface area (Å²) in [6, 6.07) is 12.4. The van der Waals surface area contributed by atoms with Crippen LogP contribution >= 0.6 is 0 Å². The van der Waals surface area contributed by atoms with Gasteiger partial charge in [0.1, 0.15) is 5.75 Å². The Hall–Kier alpha value is -2.53. The largest absolute Gasteiger partial charge is 0.492 e. The highest BCUT2D eigenvalue weighted by molar-refractivity contribution is 5.93. The number of piperazine rings is 1. The summed E-state index contributed by atoms with van der Waals surface area (Å²) in [4.78, 5) is 17.1. The van der Waals surface area contributed by atoms with Gasteiger partial charge >= 0.3 is 0 Å². The van der Waals surface area contributed by atoms with Crippen LogP contribution in [-0.4, -0.2) is 50.1 Å². The zero-order valence-corrected chi connectivity index (χ0v) is 17.4. The number of nitrogens with zero attached hydrogens (tertiary/aromatic N) is 2. The van der Waals surface area contributed by atoms with Crippen molar-refractivity contribution >= 4 is 17.3 Å². The number of ether oxygens (including phenoxy) is 1. The second kappa shape index (κ2) is 9.11. The van der Waals surface area contributed by atoms with Gasteiger partial charge in [0.2, 0.25) is 5.91 Å². The van der Waals surface area contributed by atoms with E-state index in [0.29, 0.717) is 13.2 Å². The van der Waals surface area contributed by atoms with E-state index in [2.05, 4.69) is 40.2 Å². The van der Waals surface area contributed by atoms with Crippen molar-refractivity contribution in [3.05, 3.63) is 53.1 Å². The Morgan fingerprint density at radius 3 is 2.32 bits per heavy atom. The van der Waals surface area contributed by atoms with Crippen LogP contribution in [0.5, 0.6) is 5.75 Å². The van der Waals surface area contributed by atoms with E-state index in [0.717, 1.165) is 54.4 Å². The third kappa shape index (κ3) is 4.84. The Labute approximate surface area is 168 Å². The number of hydrogen-bond acceptors (Lipinski definition) is 4. The molecule has 0 radical (unpaired) electrons. The molecule has 1 aliphatic rings. The van der Waals surface area contributed by atoms with Crippen molar-refractivity contribution < 1.29 is 9.53 Å². The number of benzene rings is 2. The SMILES string of the molecule is CCOc1ccccc1N1CCN(CC(=O)Nc2c(C)cc(C)cc2C)CC1. The van der Waals surface area contributed by atoms with E-state index in [1.54, 1.807) is 0 Å². The van der Waals surface area contributed by atoms with Crippen LogP contribution in [0.4, 0.5) is 11.4 Å². The van der Waals surface area contributed by atoms with Crippen LogP contribution in [0, 0.1) is 20.8 Å². The van der Waals surface area contributed by atoms with Crippen LogP contribution < -0.4 is 15.0 Å². The molecule has 5 nitrogen and oxygen atoms in total. The molecular weight excluding hydrogens is 350 g/mol. The van der Waals surface area contributed by atoms with Crippen molar-refractivity contribution in [1.29, 1.82) is 0 Å². The third-order valence-electron chi connectivity index (χ3n) is 5.19. The molecule has 1 heterocycles. The summed E-state index contributed by atoms with van der Waals surface area (Å²) >= 11 is 0. The quantitative estimate of drug-likeness (QED) is 0.827. The van der Waals surface area contributed by atoms with E-state index in [1.165, 1.54) is 5.56 Å². The average molecular weight is 382 g/mol. The molecule has 150 valence electrons. The molecule has 0 aromatic heterocycles. The molecule has 3 rings (SSSR count). The van der Waals surface area contributed by atoms with E-state index in [1.807, 2.05) is 39.0 Å². The highest BCUT2D eigenvalue weighted by Gasteiger charge is 2.21. The lowest BCUT2D eigenvalue weighted by atomic mass is 10.1. The van der Waals surface area contributed by atoms with Crippen LogP contribution in [-0.2, 0) is 4.79 Å². The molecule has 1 fully saturated rings. The minimum Gasteiger partial charge on any atom is -0.492 e. The van der Waals surface area contributed by atoms with Gasteiger partial charge in [0.25, 0.3) is 0 Å². The lowest BCUT2D eigenvalue weighted by Gasteiger charge is -2.36. The lowest BCUT2D eigenvalue weighted by Crippen LogP contribution is -2.48. The lowest BCUT2D eigenvalue weighted by molar-refractivity contribution is -0.117. The Balaban J connectivity index is 1.55. The summed E-state index contributed by atoms with van der Waals surface area (Å²) in [5.74, 6) is 0.986. The fourth-order valence-electron chi connectivity index (χ4n) is 3.90. The van der Waals surface area contributed by atoms with Gasteiger partial charge < -0.3 is 15.0 Å². The number of aryl methyl sites for hydroxylation is 3. The van der Waals surface area contributed by atoms with Crippen molar-refractivity contribution in [2.24, 2.45) is 0 Å². The fraction of sp³-hybridized carbons (Fsp3) is 0.435. The Morgan fingerprint density at radius 1 is 1.04 bits per heavy atom. The summed E-state index contributed by atoms with van der Waals surface area (Å²) in [6.07, 6.45) is 0. The van der Waals surface area contributed by atoms with Crippen LogP contribution in [0.25, 0.3) is 0 Å². The molecule has 1 saturated heterocycles. The topological polar surface area (TPSA) is 44.8 Å². The number of hydrogen-bond donors (Lipinski definition) is 1. The first-order chi connectivity index (χ1) is 13.5. The molecule has 2 aromatic rings. The fourth-order valence-corrected chi connectivity index (χ4v) is 3.90. The number of carbonyl (C=O) groups is 1. The molecule has 5 heteroatoms. The van der Waals surface area contributed by atoms with Crippen molar-refractivity contribution in [3.8, 4) is 5.75 Å². The highest BCUT2D eigenvalue weighted by atomic mass is 16.5. The molecule has 0 unspecified atom stereocenters. The van der Waals surface area contributed by atoms with Crippen LogP contribution in [0.3, 0.4) is 0 Å². The standard InChI is InChI=1S/C23H31N3O2/c1-5-28-21-9-7-6-8-20(21)26-12-10-25(11-13-26)16-22(27)24-23-18(3)14-17(2)15-19(23)4/h6-9,14-15H,5,10-13,16H2,1-4H3,(H,24,27). The number of anilines is 2. The molecule has 0 saturated carbocycles. The molecule has 1 amide bonds. The first-order valence-corrected chi connectivity index (χ1v) is 10.0. The van der Waals surface area contributed by atoms with Gasteiger partial charge in [-0.15, -0.1) is 0 Å². The predicted octanol–water partition coefficient (Wildman–Crippen LogP) is 3.77. The number of para-hydroxylation sites is 2. The van der Waals surface area contributed by atoms with Crippen molar-refractivity contribution in [2.75, 3.05) is 49.5 Å². The minimum absolute atomic E-state index is 0.0539. The molecule has 28 heavy (non-hydrogen) atoms. The second-order valence-electron chi connectivity index (χ2n) is 7.49. The highest BCUT2D eigenvalue weighted by Crippen LogP contribution is 2.29. The maximum atomic E-state index is 12.6. The van der Waals surface area contributed by atoms with Crippen LogP contribution in [0.15, 0.2) is 36.4 Å². The first-order valence-electron chi connectivity index (χ1n) is 10.0. The average Bonchev–Trinajstić information content (AvgIpc) is 2.66. The van der Waals surface area contributed by atoms with Crippen molar-refractivity contribution in [2.45, 2.75) is 27.7 Å². The maximum absolute atomic E-state index is 12.6. The minimum atomic E-state index is 0.0539. The summed E-state index contributed by atoms with van der Waals surface area (Å²) in [7, 11) is 0. The number of rotatable bonds is 6. The molecule has 2 aromatic carbocycles. The Bertz CT molecular complexity index is 803.